The first kappa shape index (κ1) is 18.4. The Balaban J connectivity index is 0.00000208. The number of rotatable bonds is 4. The molecular formula is C17H22ClN3O3. The Morgan fingerprint density at radius 3 is 3.08 bits per heavy atom. The maximum Gasteiger partial charge on any atom is 0.337 e. The van der Waals surface area contributed by atoms with Crippen molar-refractivity contribution in [1.82, 2.24) is 15.5 Å². The van der Waals surface area contributed by atoms with Crippen LogP contribution >= 0.6 is 12.4 Å². The number of nitrogens with one attached hydrogen (secondary N) is 1. The molecule has 1 saturated heterocycles. The van der Waals surface area contributed by atoms with Gasteiger partial charge in [0.15, 0.2) is 0 Å². The Morgan fingerprint density at radius 2 is 2.25 bits per heavy atom. The van der Waals surface area contributed by atoms with E-state index in [2.05, 4.69) is 15.5 Å². The van der Waals surface area contributed by atoms with Gasteiger partial charge in [0, 0.05) is 12.0 Å². The van der Waals surface area contributed by atoms with E-state index in [1.165, 1.54) is 20.0 Å². The Labute approximate surface area is 147 Å². The number of hydrogen-bond acceptors (Lipinski definition) is 6. The minimum absolute atomic E-state index is 0. The number of carbonyl (C=O) groups excluding carboxylic acids is 1. The second-order valence-corrected chi connectivity index (χ2v) is 5.84. The molecule has 1 unspecified atom stereocenters. The van der Waals surface area contributed by atoms with Crippen LogP contribution < -0.4 is 5.32 Å². The number of esters is 1. The summed E-state index contributed by atoms with van der Waals surface area (Å²) in [6.07, 6.45) is 4.32. The quantitative estimate of drug-likeness (QED) is 0.853. The van der Waals surface area contributed by atoms with Gasteiger partial charge in [-0.3, -0.25) is 0 Å². The van der Waals surface area contributed by atoms with Crippen LogP contribution in [0, 0.1) is 5.92 Å². The summed E-state index contributed by atoms with van der Waals surface area (Å²) < 4.78 is 10.1. The molecule has 0 spiro atoms. The first-order valence-corrected chi connectivity index (χ1v) is 7.98. The summed E-state index contributed by atoms with van der Waals surface area (Å²) in [4.78, 5) is 16.1. The summed E-state index contributed by atoms with van der Waals surface area (Å²) in [7, 11) is 1.36. The number of ether oxygens (including phenoxy) is 1. The number of benzene rings is 1. The molecule has 130 valence electrons. The SMILES string of the molecule is COC(=O)c1cccc(-c2noc(CC3CCCNCC3)n2)c1.Cl. The molecule has 0 amide bonds. The standard InChI is InChI=1S/C17H21N3O3.ClH/c1-22-17(21)14-6-2-5-13(11-14)16-19-15(23-20-16)10-12-4-3-8-18-9-7-12;/h2,5-6,11-12,18H,3-4,7-10H2,1H3;1H. The molecule has 1 aromatic carbocycles. The number of nitrogens with zero attached hydrogens (tertiary/aromatic N) is 2. The summed E-state index contributed by atoms with van der Waals surface area (Å²) >= 11 is 0. The monoisotopic (exact) mass is 351 g/mol. The fraction of sp³-hybridized carbons (Fsp3) is 0.471. The van der Waals surface area contributed by atoms with Crippen molar-refractivity contribution in [2.45, 2.75) is 25.7 Å². The van der Waals surface area contributed by atoms with E-state index >= 15 is 0 Å². The van der Waals surface area contributed by atoms with Crippen molar-refractivity contribution in [2.24, 2.45) is 5.92 Å². The van der Waals surface area contributed by atoms with Gasteiger partial charge < -0.3 is 14.6 Å². The van der Waals surface area contributed by atoms with Gasteiger partial charge in [-0.2, -0.15) is 4.98 Å². The van der Waals surface area contributed by atoms with Gasteiger partial charge in [-0.15, -0.1) is 12.4 Å². The van der Waals surface area contributed by atoms with Gasteiger partial charge >= 0.3 is 5.97 Å². The molecule has 6 nitrogen and oxygen atoms in total. The van der Waals surface area contributed by atoms with Crippen LogP contribution in [-0.4, -0.2) is 36.3 Å². The topological polar surface area (TPSA) is 77.2 Å². The number of aromatic nitrogens is 2. The van der Waals surface area contributed by atoms with Crippen molar-refractivity contribution >= 4 is 18.4 Å². The molecule has 2 heterocycles. The number of halogens is 1. The molecule has 7 heteroatoms. The molecular weight excluding hydrogens is 330 g/mol. The Hall–Kier alpha value is -1.92. The zero-order valence-corrected chi connectivity index (χ0v) is 14.5. The normalized spacial score (nSPS) is 17.6. The number of hydrogen-bond donors (Lipinski definition) is 1. The number of carbonyl (C=O) groups is 1. The predicted octanol–water partition coefficient (Wildman–Crippen LogP) is 2.88. The molecule has 24 heavy (non-hydrogen) atoms. The molecule has 1 aliphatic heterocycles. The van der Waals surface area contributed by atoms with Crippen molar-refractivity contribution in [3.05, 3.63) is 35.7 Å². The Bertz CT molecular complexity index is 667. The van der Waals surface area contributed by atoms with E-state index in [0.29, 0.717) is 23.2 Å². The van der Waals surface area contributed by atoms with E-state index in [1.54, 1.807) is 18.2 Å². The lowest BCUT2D eigenvalue weighted by atomic mass is 9.97. The van der Waals surface area contributed by atoms with Gasteiger partial charge in [0.05, 0.1) is 12.7 Å². The van der Waals surface area contributed by atoms with Gasteiger partial charge in [-0.1, -0.05) is 17.3 Å². The maximum absolute atomic E-state index is 11.6. The lowest BCUT2D eigenvalue weighted by molar-refractivity contribution is 0.0601. The zero-order valence-electron chi connectivity index (χ0n) is 13.7. The van der Waals surface area contributed by atoms with Gasteiger partial charge in [0.1, 0.15) is 0 Å². The summed E-state index contributed by atoms with van der Waals surface area (Å²) in [5.74, 6) is 1.38. The third-order valence-electron chi connectivity index (χ3n) is 4.17. The molecule has 1 fully saturated rings. The van der Waals surface area contributed by atoms with E-state index in [1.807, 2.05) is 6.07 Å². The highest BCUT2D eigenvalue weighted by atomic mass is 35.5. The van der Waals surface area contributed by atoms with Gasteiger partial charge in [-0.05, 0) is 50.4 Å². The van der Waals surface area contributed by atoms with Crippen LogP contribution in [0.3, 0.4) is 0 Å². The summed E-state index contributed by atoms with van der Waals surface area (Å²) in [5.41, 5.74) is 1.23. The largest absolute Gasteiger partial charge is 0.465 e. The summed E-state index contributed by atoms with van der Waals surface area (Å²) in [5, 5.41) is 7.45. The molecule has 1 aliphatic rings. The average molecular weight is 352 g/mol. The Kier molecular flexibility index (Phi) is 6.75. The van der Waals surface area contributed by atoms with E-state index in [-0.39, 0.29) is 18.4 Å². The lowest BCUT2D eigenvalue weighted by Gasteiger charge is -2.09. The van der Waals surface area contributed by atoms with Crippen LogP contribution in [0.1, 0.15) is 35.5 Å². The first-order chi connectivity index (χ1) is 11.3. The van der Waals surface area contributed by atoms with Crippen molar-refractivity contribution < 1.29 is 14.1 Å². The second-order valence-electron chi connectivity index (χ2n) is 5.84. The molecule has 1 N–H and O–H groups in total. The highest BCUT2D eigenvalue weighted by Gasteiger charge is 2.17. The van der Waals surface area contributed by atoms with Crippen molar-refractivity contribution in [3.8, 4) is 11.4 Å². The molecule has 3 rings (SSSR count). The fourth-order valence-corrected chi connectivity index (χ4v) is 2.90. The molecule has 0 saturated carbocycles. The zero-order chi connectivity index (χ0) is 16.1. The third-order valence-corrected chi connectivity index (χ3v) is 4.17. The molecule has 2 aromatic rings. The van der Waals surface area contributed by atoms with E-state index in [0.717, 1.165) is 31.5 Å². The van der Waals surface area contributed by atoms with Gasteiger partial charge in [-0.25, -0.2) is 4.79 Å². The van der Waals surface area contributed by atoms with Gasteiger partial charge in [0.25, 0.3) is 0 Å². The third kappa shape index (κ3) is 4.55. The van der Waals surface area contributed by atoms with Crippen LogP contribution in [-0.2, 0) is 11.2 Å². The van der Waals surface area contributed by atoms with Crippen LogP contribution in [0.5, 0.6) is 0 Å². The maximum atomic E-state index is 11.6. The summed E-state index contributed by atoms with van der Waals surface area (Å²) in [6.45, 7) is 2.14. The molecule has 1 atom stereocenters. The predicted molar refractivity (Wildman–Crippen MR) is 92.2 cm³/mol. The van der Waals surface area contributed by atoms with E-state index in [4.69, 9.17) is 9.26 Å². The minimum atomic E-state index is -0.374. The van der Waals surface area contributed by atoms with Crippen molar-refractivity contribution in [3.63, 3.8) is 0 Å². The van der Waals surface area contributed by atoms with E-state index < -0.39 is 0 Å². The average Bonchev–Trinajstić information content (AvgIpc) is 2.90. The van der Waals surface area contributed by atoms with E-state index in [9.17, 15) is 4.79 Å². The van der Waals surface area contributed by atoms with Crippen molar-refractivity contribution in [1.29, 1.82) is 0 Å². The van der Waals surface area contributed by atoms with Crippen LogP contribution in [0.15, 0.2) is 28.8 Å². The lowest BCUT2D eigenvalue weighted by Crippen LogP contribution is -2.14. The second kappa shape index (κ2) is 8.80. The molecule has 1 aromatic heterocycles. The molecule has 0 radical (unpaired) electrons. The smallest absolute Gasteiger partial charge is 0.337 e. The van der Waals surface area contributed by atoms with Crippen LogP contribution in [0.25, 0.3) is 11.4 Å². The summed E-state index contributed by atoms with van der Waals surface area (Å²) in [6, 6.07) is 7.07. The van der Waals surface area contributed by atoms with Crippen LogP contribution in [0.2, 0.25) is 0 Å². The highest BCUT2D eigenvalue weighted by Crippen LogP contribution is 2.22. The fourth-order valence-electron chi connectivity index (χ4n) is 2.90. The molecule has 0 aliphatic carbocycles. The Morgan fingerprint density at radius 1 is 1.38 bits per heavy atom. The molecule has 0 bridgehead atoms. The minimum Gasteiger partial charge on any atom is -0.465 e. The number of methoxy groups -OCH3 is 1. The first-order valence-electron chi connectivity index (χ1n) is 7.98. The van der Waals surface area contributed by atoms with Crippen molar-refractivity contribution in [2.75, 3.05) is 20.2 Å². The van der Waals surface area contributed by atoms with Gasteiger partial charge in [0.2, 0.25) is 11.7 Å². The highest BCUT2D eigenvalue weighted by molar-refractivity contribution is 5.90. The van der Waals surface area contributed by atoms with Crippen LogP contribution in [0.4, 0.5) is 0 Å².